The monoisotopic (exact) mass is 353 g/mol. The normalized spacial score (nSPS) is 11.8. The number of pyridine rings is 1. The van der Waals surface area contributed by atoms with Crippen LogP contribution < -0.4 is 10.6 Å². The van der Waals surface area contributed by atoms with E-state index >= 15 is 0 Å². The van der Waals surface area contributed by atoms with Crippen LogP contribution >= 0.6 is 0 Å². The molecule has 0 fully saturated rings. The molecule has 0 aliphatic rings. The molecule has 134 valence electrons. The van der Waals surface area contributed by atoms with Gasteiger partial charge in [0.05, 0.1) is 30.5 Å². The number of benzene rings is 1. The molecule has 6 nitrogen and oxygen atoms in total. The van der Waals surface area contributed by atoms with Crippen LogP contribution in [0.5, 0.6) is 0 Å². The lowest BCUT2D eigenvalue weighted by molar-refractivity contribution is 0.251. The Kier molecular flexibility index (Phi) is 5.26. The van der Waals surface area contributed by atoms with Crippen LogP contribution in [-0.4, -0.2) is 21.0 Å². The number of carbonyl (C=O) groups is 1. The number of urea groups is 1. The minimum Gasteiger partial charge on any atom is -0.348 e. The zero-order valence-corrected chi connectivity index (χ0v) is 14.6. The molecule has 1 aromatic carbocycles. The molecule has 0 unspecified atom stereocenters. The van der Waals surface area contributed by atoms with Crippen molar-refractivity contribution in [2.45, 2.75) is 26.3 Å². The van der Waals surface area contributed by atoms with Gasteiger partial charge in [0.1, 0.15) is 5.82 Å². The van der Waals surface area contributed by atoms with Gasteiger partial charge in [-0.3, -0.25) is 4.98 Å². The lowest BCUT2D eigenvalue weighted by Crippen LogP contribution is -2.28. The van der Waals surface area contributed by atoms with Gasteiger partial charge in [-0.1, -0.05) is 19.1 Å². The fraction of sp³-hybridized carbons (Fsp3) is 0.211. The van der Waals surface area contributed by atoms with Gasteiger partial charge >= 0.3 is 6.03 Å². The Balaban J connectivity index is 1.56. The summed E-state index contributed by atoms with van der Waals surface area (Å²) in [5.74, 6) is -0.220. The predicted octanol–water partition coefficient (Wildman–Crippen LogP) is 3.73. The van der Waals surface area contributed by atoms with Gasteiger partial charge < -0.3 is 15.6 Å². The van der Waals surface area contributed by atoms with Crippen LogP contribution in [-0.2, 0) is 6.54 Å². The fourth-order valence-corrected chi connectivity index (χ4v) is 2.69. The first-order valence-corrected chi connectivity index (χ1v) is 8.28. The first kappa shape index (κ1) is 17.6. The molecule has 0 aliphatic carbocycles. The second-order valence-electron chi connectivity index (χ2n) is 6.02. The average Bonchev–Trinajstić information content (AvgIpc) is 3.07. The summed E-state index contributed by atoms with van der Waals surface area (Å²) >= 11 is 0. The molecular formula is C19H20FN5O. The van der Waals surface area contributed by atoms with E-state index in [1.54, 1.807) is 6.33 Å². The Morgan fingerprint density at radius 1 is 1.19 bits per heavy atom. The maximum absolute atomic E-state index is 12.8. The zero-order chi connectivity index (χ0) is 18.5. The van der Waals surface area contributed by atoms with Crippen LogP contribution in [0.2, 0.25) is 0 Å². The summed E-state index contributed by atoms with van der Waals surface area (Å²) in [6.45, 7) is 4.30. The fourth-order valence-electron chi connectivity index (χ4n) is 2.69. The van der Waals surface area contributed by atoms with Crippen molar-refractivity contribution in [3.05, 3.63) is 77.4 Å². The number of nitrogens with one attached hydrogen (secondary N) is 3. The van der Waals surface area contributed by atoms with Crippen LogP contribution in [0.25, 0.3) is 0 Å². The Hall–Kier alpha value is -3.22. The standard InChI is InChI=1S/C19H20FN5O/c1-12(18-13(2)23-11-24-18)14-3-6-16(7-4-14)25-19(26)22-10-17-8-5-15(20)9-21-17/h3-9,11-12H,10H2,1-2H3,(H,23,24)(H2,22,25,26)/t12-/m0/s1. The summed E-state index contributed by atoms with van der Waals surface area (Å²) in [5.41, 5.74) is 4.45. The Labute approximate surface area is 150 Å². The van der Waals surface area contributed by atoms with Gasteiger partial charge in [-0.25, -0.2) is 14.2 Å². The topological polar surface area (TPSA) is 82.7 Å². The molecule has 0 saturated heterocycles. The largest absolute Gasteiger partial charge is 0.348 e. The molecule has 3 rings (SSSR count). The number of hydrogen-bond donors (Lipinski definition) is 3. The first-order chi connectivity index (χ1) is 12.5. The maximum Gasteiger partial charge on any atom is 0.319 e. The number of carbonyl (C=O) groups excluding carboxylic acids is 1. The number of rotatable bonds is 5. The summed E-state index contributed by atoms with van der Waals surface area (Å²) in [4.78, 5) is 23.2. The van der Waals surface area contributed by atoms with Gasteiger partial charge in [-0.05, 0) is 36.8 Å². The quantitative estimate of drug-likeness (QED) is 0.654. The molecule has 0 spiro atoms. The van der Waals surface area contributed by atoms with E-state index in [1.165, 1.54) is 12.1 Å². The molecule has 1 atom stereocenters. The minimum atomic E-state index is -0.405. The Bertz CT molecular complexity index is 874. The van der Waals surface area contributed by atoms with E-state index in [0.29, 0.717) is 11.4 Å². The van der Waals surface area contributed by atoms with Crippen LogP contribution in [0, 0.1) is 12.7 Å². The number of anilines is 1. The van der Waals surface area contributed by atoms with E-state index in [4.69, 9.17) is 0 Å². The third kappa shape index (κ3) is 4.24. The highest BCUT2D eigenvalue weighted by Gasteiger charge is 2.13. The van der Waals surface area contributed by atoms with E-state index < -0.39 is 5.82 Å². The van der Waals surface area contributed by atoms with Crippen molar-refractivity contribution < 1.29 is 9.18 Å². The van der Waals surface area contributed by atoms with Crippen molar-refractivity contribution >= 4 is 11.7 Å². The summed E-state index contributed by atoms with van der Waals surface area (Å²) in [6.07, 6.45) is 2.81. The van der Waals surface area contributed by atoms with E-state index in [0.717, 1.165) is 23.1 Å². The first-order valence-electron chi connectivity index (χ1n) is 8.28. The molecule has 3 N–H and O–H groups in total. The Morgan fingerprint density at radius 2 is 1.96 bits per heavy atom. The number of H-pyrrole nitrogens is 1. The number of aryl methyl sites for hydroxylation is 1. The third-order valence-electron chi connectivity index (χ3n) is 4.19. The molecule has 0 bridgehead atoms. The van der Waals surface area contributed by atoms with Crippen molar-refractivity contribution in [3.63, 3.8) is 0 Å². The van der Waals surface area contributed by atoms with Crippen LogP contribution in [0.15, 0.2) is 48.9 Å². The molecule has 0 radical (unpaired) electrons. The highest BCUT2D eigenvalue weighted by molar-refractivity contribution is 5.89. The molecule has 7 heteroatoms. The van der Waals surface area contributed by atoms with Crippen LogP contribution in [0.3, 0.4) is 0 Å². The molecule has 2 heterocycles. The molecule has 3 aromatic rings. The lowest BCUT2D eigenvalue weighted by atomic mass is 9.96. The number of aromatic nitrogens is 3. The number of hydrogen-bond acceptors (Lipinski definition) is 3. The van der Waals surface area contributed by atoms with Gasteiger partial charge in [-0.2, -0.15) is 0 Å². The van der Waals surface area contributed by atoms with Gasteiger partial charge in [0.2, 0.25) is 0 Å². The number of nitrogens with zero attached hydrogens (tertiary/aromatic N) is 2. The molecule has 0 aliphatic heterocycles. The Morgan fingerprint density at radius 3 is 2.58 bits per heavy atom. The highest BCUT2D eigenvalue weighted by Crippen LogP contribution is 2.25. The van der Waals surface area contributed by atoms with Crippen molar-refractivity contribution in [3.8, 4) is 0 Å². The smallest absolute Gasteiger partial charge is 0.319 e. The van der Waals surface area contributed by atoms with E-state index in [9.17, 15) is 9.18 Å². The second-order valence-corrected chi connectivity index (χ2v) is 6.02. The summed E-state index contributed by atoms with van der Waals surface area (Å²) in [7, 11) is 0. The number of aromatic amines is 1. The summed E-state index contributed by atoms with van der Waals surface area (Å²) in [6, 6.07) is 10.2. The molecular weight excluding hydrogens is 333 g/mol. The van der Waals surface area contributed by atoms with Crippen LogP contribution in [0.4, 0.5) is 14.9 Å². The van der Waals surface area contributed by atoms with E-state index in [1.807, 2.05) is 31.2 Å². The van der Waals surface area contributed by atoms with Crippen molar-refractivity contribution in [2.75, 3.05) is 5.32 Å². The third-order valence-corrected chi connectivity index (χ3v) is 4.19. The average molecular weight is 353 g/mol. The van der Waals surface area contributed by atoms with Gasteiger partial charge in [0.25, 0.3) is 0 Å². The molecule has 26 heavy (non-hydrogen) atoms. The molecule has 2 aromatic heterocycles. The number of halogens is 1. The van der Waals surface area contributed by atoms with Gasteiger partial charge in [0, 0.05) is 17.3 Å². The van der Waals surface area contributed by atoms with Gasteiger partial charge in [0.15, 0.2) is 0 Å². The van der Waals surface area contributed by atoms with Gasteiger partial charge in [-0.15, -0.1) is 0 Å². The number of imidazole rings is 1. The maximum atomic E-state index is 12.8. The van der Waals surface area contributed by atoms with E-state index in [-0.39, 0.29) is 18.5 Å². The van der Waals surface area contributed by atoms with Crippen molar-refractivity contribution in [1.82, 2.24) is 20.3 Å². The SMILES string of the molecule is Cc1nc[nH]c1[C@@H](C)c1ccc(NC(=O)NCc2ccc(F)cn2)cc1. The second kappa shape index (κ2) is 7.77. The zero-order valence-electron chi connectivity index (χ0n) is 14.6. The summed E-state index contributed by atoms with van der Waals surface area (Å²) in [5, 5.41) is 5.45. The molecule has 0 saturated carbocycles. The van der Waals surface area contributed by atoms with Crippen LogP contribution in [0.1, 0.15) is 35.5 Å². The summed E-state index contributed by atoms with van der Waals surface area (Å²) < 4.78 is 12.8. The minimum absolute atomic E-state index is 0.185. The highest BCUT2D eigenvalue weighted by atomic mass is 19.1. The predicted molar refractivity (Wildman–Crippen MR) is 97.3 cm³/mol. The lowest BCUT2D eigenvalue weighted by Gasteiger charge is -2.13. The number of amides is 2. The van der Waals surface area contributed by atoms with E-state index in [2.05, 4.69) is 32.5 Å². The van der Waals surface area contributed by atoms with Crippen molar-refractivity contribution in [1.29, 1.82) is 0 Å². The van der Waals surface area contributed by atoms with Crippen molar-refractivity contribution in [2.24, 2.45) is 0 Å². The molecule has 2 amide bonds.